The predicted molar refractivity (Wildman–Crippen MR) is 135 cm³/mol. The Balaban J connectivity index is 1.60. The topological polar surface area (TPSA) is 20.5 Å². The number of aromatic nitrogens is 1. The van der Waals surface area contributed by atoms with E-state index >= 15 is 0 Å². The largest absolute Gasteiger partial charge is 0.341 e. The molecule has 0 bridgehead atoms. The SMILES string of the molecule is CCCCCCCN(N=Cc1ccc2c(c1)c1ccccc1n2CC)c1ccccc1. The van der Waals surface area contributed by atoms with Gasteiger partial charge in [0, 0.05) is 34.9 Å². The molecule has 0 fully saturated rings. The zero-order valence-corrected chi connectivity index (χ0v) is 18.8. The van der Waals surface area contributed by atoms with Crippen LogP contribution in [0.15, 0.2) is 77.9 Å². The highest BCUT2D eigenvalue weighted by Gasteiger charge is 2.09. The lowest BCUT2D eigenvalue weighted by Gasteiger charge is -2.19. The third-order valence-corrected chi connectivity index (χ3v) is 5.99. The number of anilines is 1. The van der Waals surface area contributed by atoms with Crippen molar-refractivity contribution in [3.63, 3.8) is 0 Å². The molecule has 31 heavy (non-hydrogen) atoms. The summed E-state index contributed by atoms with van der Waals surface area (Å²) in [6.45, 7) is 6.38. The Morgan fingerprint density at radius 3 is 2.32 bits per heavy atom. The summed E-state index contributed by atoms with van der Waals surface area (Å²) in [5.74, 6) is 0. The molecule has 0 aliphatic heterocycles. The summed E-state index contributed by atoms with van der Waals surface area (Å²) >= 11 is 0. The molecule has 0 spiro atoms. The summed E-state index contributed by atoms with van der Waals surface area (Å²) in [6.07, 6.45) is 8.33. The standard InChI is InChI=1S/C28H33N3/c1-3-5-6-7-13-20-31(24-14-9-8-10-15-24)29-22-23-18-19-28-26(21-23)25-16-11-12-17-27(25)30(28)4-2/h8-12,14-19,21-22H,3-7,13,20H2,1-2H3. The molecule has 1 aromatic heterocycles. The van der Waals surface area contributed by atoms with Crippen LogP contribution < -0.4 is 5.01 Å². The number of para-hydroxylation sites is 2. The van der Waals surface area contributed by atoms with E-state index in [1.165, 1.54) is 47.5 Å². The first kappa shape index (κ1) is 21.2. The van der Waals surface area contributed by atoms with Gasteiger partial charge in [-0.3, -0.25) is 5.01 Å². The number of hydrogen-bond acceptors (Lipinski definition) is 2. The second-order valence-corrected chi connectivity index (χ2v) is 8.16. The lowest BCUT2D eigenvalue weighted by molar-refractivity contribution is 0.623. The fourth-order valence-corrected chi connectivity index (χ4v) is 4.35. The third kappa shape index (κ3) is 4.82. The van der Waals surface area contributed by atoms with Gasteiger partial charge in [0.1, 0.15) is 0 Å². The maximum atomic E-state index is 4.90. The van der Waals surface area contributed by atoms with Crippen LogP contribution >= 0.6 is 0 Å². The highest BCUT2D eigenvalue weighted by molar-refractivity contribution is 6.09. The second kappa shape index (κ2) is 10.3. The van der Waals surface area contributed by atoms with Gasteiger partial charge in [0.2, 0.25) is 0 Å². The number of aryl methyl sites for hydroxylation is 1. The van der Waals surface area contributed by atoms with Crippen molar-refractivity contribution < 1.29 is 0 Å². The van der Waals surface area contributed by atoms with Crippen LogP contribution in [0.4, 0.5) is 5.69 Å². The number of nitrogens with zero attached hydrogens (tertiary/aromatic N) is 3. The van der Waals surface area contributed by atoms with Crippen LogP contribution in [0.3, 0.4) is 0 Å². The molecule has 4 rings (SSSR count). The van der Waals surface area contributed by atoms with Crippen LogP contribution in [-0.2, 0) is 6.54 Å². The van der Waals surface area contributed by atoms with Crippen molar-refractivity contribution in [1.29, 1.82) is 0 Å². The summed E-state index contributed by atoms with van der Waals surface area (Å²) in [6, 6.07) is 25.9. The summed E-state index contributed by atoms with van der Waals surface area (Å²) in [7, 11) is 0. The van der Waals surface area contributed by atoms with E-state index in [9.17, 15) is 0 Å². The maximum Gasteiger partial charge on any atom is 0.0593 e. The van der Waals surface area contributed by atoms with E-state index in [4.69, 9.17) is 5.10 Å². The first-order valence-electron chi connectivity index (χ1n) is 11.7. The molecule has 3 nitrogen and oxygen atoms in total. The van der Waals surface area contributed by atoms with E-state index in [0.717, 1.165) is 30.8 Å². The molecule has 0 N–H and O–H groups in total. The van der Waals surface area contributed by atoms with E-state index in [1.54, 1.807) is 0 Å². The Labute approximate surface area is 186 Å². The minimum absolute atomic E-state index is 0.946. The molecule has 4 aromatic rings. The van der Waals surface area contributed by atoms with Crippen LogP contribution in [0, 0.1) is 0 Å². The van der Waals surface area contributed by atoms with Crippen LogP contribution in [0.5, 0.6) is 0 Å². The number of unbranched alkanes of at least 4 members (excludes halogenated alkanes) is 4. The number of hydrazone groups is 1. The Morgan fingerprint density at radius 2 is 1.52 bits per heavy atom. The molecule has 0 saturated carbocycles. The predicted octanol–water partition coefficient (Wildman–Crippen LogP) is 7.63. The normalized spacial score (nSPS) is 11.7. The zero-order chi connectivity index (χ0) is 21.5. The van der Waals surface area contributed by atoms with Gasteiger partial charge in [-0.25, -0.2) is 0 Å². The molecule has 3 heteroatoms. The van der Waals surface area contributed by atoms with Crippen molar-refractivity contribution >= 4 is 33.7 Å². The highest BCUT2D eigenvalue weighted by atomic mass is 15.4. The first-order valence-corrected chi connectivity index (χ1v) is 11.7. The fraction of sp³-hybridized carbons (Fsp3) is 0.321. The van der Waals surface area contributed by atoms with Gasteiger partial charge in [0.05, 0.1) is 11.9 Å². The summed E-state index contributed by atoms with van der Waals surface area (Å²) in [4.78, 5) is 0. The molecular weight excluding hydrogens is 378 g/mol. The van der Waals surface area contributed by atoms with Gasteiger partial charge in [-0.1, -0.05) is 75.1 Å². The van der Waals surface area contributed by atoms with E-state index in [-0.39, 0.29) is 0 Å². The van der Waals surface area contributed by atoms with E-state index in [1.807, 2.05) is 6.21 Å². The Bertz CT molecular complexity index is 1140. The van der Waals surface area contributed by atoms with Gasteiger partial charge < -0.3 is 4.57 Å². The number of benzene rings is 3. The molecule has 0 saturated heterocycles. The quantitative estimate of drug-likeness (QED) is 0.149. The van der Waals surface area contributed by atoms with E-state index < -0.39 is 0 Å². The van der Waals surface area contributed by atoms with Crippen molar-refractivity contribution in [2.75, 3.05) is 11.6 Å². The molecule has 1 heterocycles. The minimum atomic E-state index is 0.946. The Kier molecular flexibility index (Phi) is 7.03. The summed E-state index contributed by atoms with van der Waals surface area (Å²) < 4.78 is 2.39. The molecule has 0 amide bonds. The molecule has 0 aliphatic carbocycles. The van der Waals surface area contributed by atoms with Crippen LogP contribution in [0.1, 0.15) is 51.5 Å². The van der Waals surface area contributed by atoms with Crippen molar-refractivity contribution in [1.82, 2.24) is 4.57 Å². The van der Waals surface area contributed by atoms with Gasteiger partial charge in [-0.2, -0.15) is 5.10 Å². The molecule has 0 atom stereocenters. The molecule has 0 radical (unpaired) electrons. The average Bonchev–Trinajstić information content (AvgIpc) is 3.14. The minimum Gasteiger partial charge on any atom is -0.341 e. The van der Waals surface area contributed by atoms with Crippen molar-refractivity contribution in [3.05, 3.63) is 78.4 Å². The molecule has 160 valence electrons. The van der Waals surface area contributed by atoms with Crippen molar-refractivity contribution in [2.24, 2.45) is 5.10 Å². The van der Waals surface area contributed by atoms with E-state index in [0.29, 0.717) is 0 Å². The third-order valence-electron chi connectivity index (χ3n) is 5.99. The summed E-state index contributed by atoms with van der Waals surface area (Å²) in [5.41, 5.74) is 4.88. The van der Waals surface area contributed by atoms with Crippen LogP contribution in [0.25, 0.3) is 21.8 Å². The monoisotopic (exact) mass is 411 g/mol. The fourth-order valence-electron chi connectivity index (χ4n) is 4.35. The van der Waals surface area contributed by atoms with E-state index in [2.05, 4.69) is 96.2 Å². The van der Waals surface area contributed by atoms with Gasteiger partial charge in [0.25, 0.3) is 0 Å². The first-order chi connectivity index (χ1) is 15.3. The molecule has 0 unspecified atom stereocenters. The van der Waals surface area contributed by atoms with Crippen LogP contribution in [-0.4, -0.2) is 17.3 Å². The second-order valence-electron chi connectivity index (χ2n) is 8.16. The van der Waals surface area contributed by atoms with Gasteiger partial charge >= 0.3 is 0 Å². The maximum absolute atomic E-state index is 4.90. The number of rotatable bonds is 10. The smallest absolute Gasteiger partial charge is 0.0593 e. The van der Waals surface area contributed by atoms with Gasteiger partial charge in [0.15, 0.2) is 0 Å². The average molecular weight is 412 g/mol. The van der Waals surface area contributed by atoms with Crippen LogP contribution in [0.2, 0.25) is 0 Å². The van der Waals surface area contributed by atoms with Gasteiger partial charge in [-0.05, 0) is 49.2 Å². The number of hydrogen-bond donors (Lipinski definition) is 0. The number of fused-ring (bicyclic) bond motifs is 3. The molecule has 0 aliphatic rings. The Hall–Kier alpha value is -3.07. The van der Waals surface area contributed by atoms with Crippen molar-refractivity contribution in [2.45, 2.75) is 52.5 Å². The Morgan fingerprint density at radius 1 is 0.774 bits per heavy atom. The lowest BCUT2D eigenvalue weighted by atomic mass is 10.1. The molecular formula is C28H33N3. The zero-order valence-electron chi connectivity index (χ0n) is 18.8. The van der Waals surface area contributed by atoms with Crippen molar-refractivity contribution in [3.8, 4) is 0 Å². The van der Waals surface area contributed by atoms with Gasteiger partial charge in [-0.15, -0.1) is 0 Å². The molecule has 3 aromatic carbocycles. The lowest BCUT2D eigenvalue weighted by Crippen LogP contribution is -2.18. The highest BCUT2D eigenvalue weighted by Crippen LogP contribution is 2.29. The summed E-state index contributed by atoms with van der Waals surface area (Å²) in [5, 5.41) is 9.65.